The SMILES string of the molecule is COCC(=O)Nc1n[nH]c2c1CN(C(=O)OC(C)(C)C)CC2. The van der Waals surface area contributed by atoms with Crippen LogP contribution < -0.4 is 5.32 Å². The van der Waals surface area contributed by atoms with Crippen LogP contribution in [0.15, 0.2) is 0 Å². The minimum absolute atomic E-state index is 0.0442. The second-order valence-electron chi connectivity index (χ2n) is 6.16. The highest BCUT2D eigenvalue weighted by molar-refractivity contribution is 5.91. The highest BCUT2D eigenvalue weighted by Gasteiger charge is 2.28. The zero-order chi connectivity index (χ0) is 16.3. The number of hydrogen-bond acceptors (Lipinski definition) is 5. The molecule has 8 nitrogen and oxygen atoms in total. The van der Waals surface area contributed by atoms with E-state index >= 15 is 0 Å². The number of nitrogens with zero attached hydrogens (tertiary/aromatic N) is 2. The molecular weight excluding hydrogens is 288 g/mol. The highest BCUT2D eigenvalue weighted by Crippen LogP contribution is 2.25. The number of aromatic amines is 1. The molecule has 1 aliphatic heterocycles. The molecule has 0 aromatic carbocycles. The standard InChI is InChI=1S/C14H22N4O4/c1-14(2,3)22-13(20)18-6-5-10-9(7-18)12(17-16-10)15-11(19)8-21-4/h5-8H2,1-4H3,(H2,15,16,17,19). The van der Waals surface area contributed by atoms with Gasteiger partial charge in [0.1, 0.15) is 12.2 Å². The first-order chi connectivity index (χ1) is 10.3. The van der Waals surface area contributed by atoms with Gasteiger partial charge in [0.25, 0.3) is 5.91 Å². The Morgan fingerprint density at radius 1 is 1.41 bits per heavy atom. The molecule has 2 heterocycles. The molecule has 1 aromatic rings. The minimum Gasteiger partial charge on any atom is -0.444 e. The van der Waals surface area contributed by atoms with Crippen molar-refractivity contribution in [1.29, 1.82) is 0 Å². The Labute approximate surface area is 129 Å². The van der Waals surface area contributed by atoms with Gasteiger partial charge in [0.15, 0.2) is 5.82 Å². The van der Waals surface area contributed by atoms with Crippen molar-refractivity contribution in [2.75, 3.05) is 25.6 Å². The number of amides is 2. The smallest absolute Gasteiger partial charge is 0.410 e. The zero-order valence-electron chi connectivity index (χ0n) is 13.4. The Morgan fingerprint density at radius 2 is 2.14 bits per heavy atom. The van der Waals surface area contributed by atoms with E-state index in [1.54, 1.807) is 4.90 Å². The number of H-pyrrole nitrogens is 1. The number of fused-ring (bicyclic) bond motifs is 1. The van der Waals surface area contributed by atoms with Crippen molar-refractivity contribution >= 4 is 17.8 Å². The third-order valence-electron chi connectivity index (χ3n) is 3.12. The molecule has 0 spiro atoms. The van der Waals surface area contributed by atoms with Gasteiger partial charge in [0.05, 0.1) is 6.54 Å². The third kappa shape index (κ3) is 3.97. The van der Waals surface area contributed by atoms with Gasteiger partial charge in [-0.2, -0.15) is 5.10 Å². The van der Waals surface area contributed by atoms with Gasteiger partial charge in [-0.15, -0.1) is 0 Å². The summed E-state index contributed by atoms with van der Waals surface area (Å²) >= 11 is 0. The van der Waals surface area contributed by atoms with Crippen molar-refractivity contribution in [2.45, 2.75) is 39.3 Å². The Morgan fingerprint density at radius 3 is 2.77 bits per heavy atom. The van der Waals surface area contributed by atoms with E-state index in [1.807, 2.05) is 20.8 Å². The molecule has 0 atom stereocenters. The van der Waals surface area contributed by atoms with E-state index in [9.17, 15) is 9.59 Å². The predicted molar refractivity (Wildman–Crippen MR) is 79.4 cm³/mol. The normalized spacial score (nSPS) is 14.5. The lowest BCUT2D eigenvalue weighted by Gasteiger charge is -2.30. The summed E-state index contributed by atoms with van der Waals surface area (Å²) in [5, 5.41) is 9.67. The number of carbonyl (C=O) groups excluding carboxylic acids is 2. The average molecular weight is 310 g/mol. The summed E-state index contributed by atoms with van der Waals surface area (Å²) in [5.74, 6) is 0.150. The van der Waals surface area contributed by atoms with Crippen molar-refractivity contribution in [3.63, 3.8) is 0 Å². The van der Waals surface area contributed by atoms with Crippen LogP contribution in [0.1, 0.15) is 32.0 Å². The number of aromatic nitrogens is 2. The fourth-order valence-corrected chi connectivity index (χ4v) is 2.18. The Hall–Kier alpha value is -2.09. The van der Waals surface area contributed by atoms with Gasteiger partial charge >= 0.3 is 6.09 Å². The zero-order valence-corrected chi connectivity index (χ0v) is 13.4. The van der Waals surface area contributed by atoms with Gasteiger partial charge in [-0.05, 0) is 20.8 Å². The number of nitrogens with one attached hydrogen (secondary N) is 2. The van der Waals surface area contributed by atoms with Crippen LogP contribution in [0.3, 0.4) is 0 Å². The molecule has 0 fully saturated rings. The van der Waals surface area contributed by atoms with Gasteiger partial charge in [-0.25, -0.2) is 4.79 Å². The summed E-state index contributed by atoms with van der Waals surface area (Å²) in [4.78, 5) is 25.4. The number of rotatable bonds is 3. The first-order valence-electron chi connectivity index (χ1n) is 7.13. The predicted octanol–water partition coefficient (Wildman–Crippen LogP) is 1.29. The van der Waals surface area contributed by atoms with Gasteiger partial charge in [0.2, 0.25) is 0 Å². The molecule has 122 valence electrons. The van der Waals surface area contributed by atoms with E-state index in [0.29, 0.717) is 25.3 Å². The Kier molecular flexibility index (Phi) is 4.70. The maximum Gasteiger partial charge on any atom is 0.410 e. The van der Waals surface area contributed by atoms with E-state index in [4.69, 9.17) is 9.47 Å². The molecule has 0 saturated heterocycles. The summed E-state index contributed by atoms with van der Waals surface area (Å²) in [6, 6.07) is 0. The summed E-state index contributed by atoms with van der Waals surface area (Å²) in [5.41, 5.74) is 1.19. The van der Waals surface area contributed by atoms with Gasteiger partial charge in [0, 0.05) is 31.3 Å². The molecule has 1 aliphatic rings. The summed E-state index contributed by atoms with van der Waals surface area (Å²) in [7, 11) is 1.45. The van der Waals surface area contributed by atoms with E-state index in [0.717, 1.165) is 11.3 Å². The monoisotopic (exact) mass is 310 g/mol. The lowest BCUT2D eigenvalue weighted by Crippen LogP contribution is -2.40. The van der Waals surface area contributed by atoms with Crippen molar-refractivity contribution in [3.05, 3.63) is 11.3 Å². The van der Waals surface area contributed by atoms with Crippen molar-refractivity contribution < 1.29 is 19.1 Å². The van der Waals surface area contributed by atoms with Crippen LogP contribution in [0.2, 0.25) is 0 Å². The molecule has 8 heteroatoms. The number of methoxy groups -OCH3 is 1. The Balaban J connectivity index is 2.07. The third-order valence-corrected chi connectivity index (χ3v) is 3.12. The minimum atomic E-state index is -0.538. The van der Waals surface area contributed by atoms with Crippen LogP contribution in [-0.4, -0.2) is 53.0 Å². The molecular formula is C14H22N4O4. The number of anilines is 1. The van der Waals surface area contributed by atoms with Crippen LogP contribution in [-0.2, 0) is 27.2 Å². The molecule has 0 radical (unpaired) electrons. The highest BCUT2D eigenvalue weighted by atomic mass is 16.6. The second kappa shape index (κ2) is 6.35. The average Bonchev–Trinajstić information content (AvgIpc) is 2.79. The lowest BCUT2D eigenvalue weighted by molar-refractivity contribution is -0.119. The van der Waals surface area contributed by atoms with Crippen molar-refractivity contribution in [1.82, 2.24) is 15.1 Å². The fourth-order valence-electron chi connectivity index (χ4n) is 2.18. The lowest BCUT2D eigenvalue weighted by atomic mass is 10.1. The first kappa shape index (κ1) is 16.3. The van der Waals surface area contributed by atoms with E-state index < -0.39 is 5.60 Å². The summed E-state index contributed by atoms with van der Waals surface area (Å²) in [6.07, 6.45) is 0.273. The molecule has 0 bridgehead atoms. The quantitative estimate of drug-likeness (QED) is 0.877. The van der Waals surface area contributed by atoms with E-state index in [1.165, 1.54) is 7.11 Å². The molecule has 1 aromatic heterocycles. The van der Waals surface area contributed by atoms with E-state index in [2.05, 4.69) is 15.5 Å². The molecule has 0 aliphatic carbocycles. The molecule has 2 rings (SSSR count). The van der Waals surface area contributed by atoms with Crippen LogP contribution >= 0.6 is 0 Å². The van der Waals surface area contributed by atoms with Crippen LogP contribution in [0, 0.1) is 0 Å². The van der Waals surface area contributed by atoms with Crippen LogP contribution in [0.5, 0.6) is 0 Å². The molecule has 2 amide bonds. The van der Waals surface area contributed by atoms with Gasteiger partial charge in [-0.1, -0.05) is 0 Å². The summed E-state index contributed by atoms with van der Waals surface area (Å²) < 4.78 is 10.2. The molecule has 0 saturated carbocycles. The second-order valence-corrected chi connectivity index (χ2v) is 6.16. The van der Waals surface area contributed by atoms with Gasteiger partial charge in [-0.3, -0.25) is 9.89 Å². The molecule has 22 heavy (non-hydrogen) atoms. The van der Waals surface area contributed by atoms with Crippen LogP contribution in [0.25, 0.3) is 0 Å². The first-order valence-corrected chi connectivity index (χ1v) is 7.13. The van der Waals surface area contributed by atoms with Crippen molar-refractivity contribution in [2.24, 2.45) is 0 Å². The maximum absolute atomic E-state index is 12.1. The topological polar surface area (TPSA) is 96.5 Å². The maximum atomic E-state index is 12.1. The van der Waals surface area contributed by atoms with Gasteiger partial charge < -0.3 is 19.7 Å². The number of carbonyl (C=O) groups is 2. The van der Waals surface area contributed by atoms with Crippen LogP contribution in [0.4, 0.5) is 10.6 Å². The van der Waals surface area contributed by atoms with E-state index in [-0.39, 0.29) is 18.6 Å². The van der Waals surface area contributed by atoms with Crippen molar-refractivity contribution in [3.8, 4) is 0 Å². The number of hydrogen-bond donors (Lipinski definition) is 2. The largest absolute Gasteiger partial charge is 0.444 e. The molecule has 0 unspecified atom stereocenters. The fraction of sp³-hybridized carbons (Fsp3) is 0.643. The Bertz CT molecular complexity index is 562. The summed E-state index contributed by atoms with van der Waals surface area (Å²) in [6.45, 7) is 6.34. The molecule has 2 N–H and O–H groups in total. The number of ether oxygens (including phenoxy) is 2.